The van der Waals surface area contributed by atoms with Gasteiger partial charge in [-0.3, -0.25) is 4.57 Å². The summed E-state index contributed by atoms with van der Waals surface area (Å²) in [6.45, 7) is 7.07. The second-order valence-electron chi connectivity index (χ2n) is 6.67. The Morgan fingerprint density at radius 2 is 1.92 bits per heavy atom. The summed E-state index contributed by atoms with van der Waals surface area (Å²) in [5.74, 6) is 1.59. The van der Waals surface area contributed by atoms with Crippen LogP contribution < -0.4 is 10.2 Å². The highest BCUT2D eigenvalue weighted by molar-refractivity contribution is 6.87. The predicted octanol–water partition coefficient (Wildman–Crippen LogP) is 2.65. The average Bonchev–Trinajstić information content (AvgIpc) is 2.92. The molecule has 0 atom stereocenters. The highest BCUT2D eigenvalue weighted by Gasteiger charge is 2.23. The Morgan fingerprint density at radius 3 is 2.58 bits per heavy atom. The van der Waals surface area contributed by atoms with E-state index in [0.717, 1.165) is 33.7 Å². The fraction of sp³-hybridized carbons (Fsp3) is 0.353. The van der Waals surface area contributed by atoms with Crippen molar-refractivity contribution in [3.8, 4) is 17.1 Å². The van der Waals surface area contributed by atoms with E-state index < -0.39 is 8.07 Å². The molecule has 0 unspecified atom stereocenters. The van der Waals surface area contributed by atoms with E-state index in [4.69, 9.17) is 19.4 Å². The molecule has 1 aromatic carbocycles. The number of hydrogen-bond acceptors (Lipinski definition) is 5. The topological polar surface area (TPSA) is 62.1 Å². The summed E-state index contributed by atoms with van der Waals surface area (Å²) < 4.78 is 12.7. The van der Waals surface area contributed by atoms with E-state index in [0.29, 0.717) is 6.73 Å². The molecule has 0 spiro atoms. The van der Waals surface area contributed by atoms with Gasteiger partial charge < -0.3 is 9.47 Å². The van der Waals surface area contributed by atoms with Crippen LogP contribution in [0.1, 0.15) is 0 Å². The summed E-state index contributed by atoms with van der Waals surface area (Å²) in [4.78, 5) is 14.0. The lowest BCUT2D eigenvalue weighted by atomic mass is 10.2. The third kappa shape index (κ3) is 3.04. The van der Waals surface area contributed by atoms with E-state index >= 15 is 0 Å². The molecule has 0 aliphatic carbocycles. The number of benzene rings is 1. The molecule has 0 N–H and O–H groups in total. The summed E-state index contributed by atoms with van der Waals surface area (Å²) in [7, 11) is 1.72. The van der Waals surface area contributed by atoms with Crippen molar-refractivity contribution >= 4 is 24.7 Å². The number of fused-ring (bicyclic) bond motifs is 1. The lowest BCUT2D eigenvalue weighted by Crippen LogP contribution is -2.42. The van der Waals surface area contributed by atoms with Gasteiger partial charge in [0.1, 0.15) is 37.3 Å². The molecule has 0 bridgehead atoms. The maximum atomic E-state index is 5.38. The molecule has 126 valence electrons. The Labute approximate surface area is 142 Å². The van der Waals surface area contributed by atoms with Crippen molar-refractivity contribution in [2.75, 3.05) is 14.2 Å². The number of methoxy groups -OCH3 is 2. The van der Waals surface area contributed by atoms with Crippen LogP contribution >= 0.6 is 0 Å². The van der Waals surface area contributed by atoms with Crippen LogP contribution in [0.15, 0.2) is 30.5 Å². The highest BCUT2D eigenvalue weighted by Crippen LogP contribution is 2.26. The Balaban J connectivity index is 2.22. The van der Waals surface area contributed by atoms with Gasteiger partial charge in [-0.25, -0.2) is 15.0 Å². The minimum absolute atomic E-state index is 0.380. The normalized spacial score (nSPS) is 11.9. The molecule has 7 heteroatoms. The molecule has 2 heterocycles. The van der Waals surface area contributed by atoms with Crippen molar-refractivity contribution in [3.63, 3.8) is 0 Å². The third-order valence-electron chi connectivity index (χ3n) is 3.74. The number of imidazole rings is 1. The Bertz CT molecular complexity index is 871. The van der Waals surface area contributed by atoms with Crippen LogP contribution in [0.4, 0.5) is 0 Å². The van der Waals surface area contributed by atoms with Crippen LogP contribution in [0, 0.1) is 0 Å². The zero-order valence-corrected chi connectivity index (χ0v) is 15.7. The third-order valence-corrected chi connectivity index (χ3v) is 5.33. The zero-order chi connectivity index (χ0) is 17.3. The SMILES string of the molecule is COCn1c(-c2cccc(OC)c2)nc2cnc([Si](C)(C)C)nc21. The van der Waals surface area contributed by atoms with Crippen molar-refractivity contribution in [1.29, 1.82) is 0 Å². The first-order valence-corrected chi connectivity index (χ1v) is 11.3. The molecule has 3 rings (SSSR count). The molecule has 6 nitrogen and oxygen atoms in total. The van der Waals surface area contributed by atoms with Crippen molar-refractivity contribution < 1.29 is 9.47 Å². The van der Waals surface area contributed by atoms with Crippen LogP contribution in [0.3, 0.4) is 0 Å². The maximum absolute atomic E-state index is 5.38. The molecule has 0 radical (unpaired) electrons. The molecule has 0 aliphatic rings. The van der Waals surface area contributed by atoms with Gasteiger partial charge in [0.15, 0.2) is 5.65 Å². The van der Waals surface area contributed by atoms with Gasteiger partial charge in [0.25, 0.3) is 0 Å². The minimum atomic E-state index is -1.61. The molecule has 0 saturated carbocycles. The molecule has 2 aromatic heterocycles. The Kier molecular flexibility index (Phi) is 4.38. The quantitative estimate of drug-likeness (QED) is 0.667. The van der Waals surface area contributed by atoms with Crippen LogP contribution in [-0.4, -0.2) is 41.8 Å². The first kappa shape index (κ1) is 16.6. The molecular weight excluding hydrogens is 320 g/mol. The van der Waals surface area contributed by atoms with E-state index in [1.807, 2.05) is 35.0 Å². The first-order chi connectivity index (χ1) is 11.4. The summed E-state index contributed by atoms with van der Waals surface area (Å²) in [5.41, 5.74) is 3.46. The highest BCUT2D eigenvalue weighted by atomic mass is 28.3. The first-order valence-electron chi connectivity index (χ1n) is 7.81. The number of nitrogens with zero attached hydrogens (tertiary/aromatic N) is 4. The van der Waals surface area contributed by atoms with Crippen LogP contribution in [0.5, 0.6) is 5.75 Å². The molecule has 3 aromatic rings. The standard InChI is InChI=1S/C17H22N4O2Si/c1-22-11-21-15(12-7-6-8-13(9-12)23-2)19-14-10-18-17(20-16(14)21)24(3,4)5/h6-10H,11H2,1-5H3. The second kappa shape index (κ2) is 6.33. The molecule has 24 heavy (non-hydrogen) atoms. The minimum Gasteiger partial charge on any atom is -0.497 e. The Hall–Kier alpha value is -2.25. The second-order valence-corrected chi connectivity index (χ2v) is 11.6. The predicted molar refractivity (Wildman–Crippen MR) is 97.3 cm³/mol. The van der Waals surface area contributed by atoms with E-state index in [1.165, 1.54) is 0 Å². The van der Waals surface area contributed by atoms with Crippen molar-refractivity contribution in [3.05, 3.63) is 30.5 Å². The number of rotatable bonds is 5. The number of ether oxygens (including phenoxy) is 2. The van der Waals surface area contributed by atoms with Crippen molar-refractivity contribution in [2.45, 2.75) is 26.4 Å². The van der Waals surface area contributed by atoms with E-state index in [-0.39, 0.29) is 0 Å². The summed E-state index contributed by atoms with van der Waals surface area (Å²) in [5, 5.41) is 0. The average molecular weight is 342 g/mol. The number of aromatic nitrogens is 4. The van der Waals surface area contributed by atoms with Crippen molar-refractivity contribution in [2.24, 2.45) is 0 Å². The monoisotopic (exact) mass is 342 g/mol. The van der Waals surface area contributed by atoms with Gasteiger partial charge in [-0.2, -0.15) is 0 Å². The maximum Gasteiger partial charge on any atom is 0.165 e. The lowest BCUT2D eigenvalue weighted by Gasteiger charge is -2.14. The van der Waals surface area contributed by atoms with Gasteiger partial charge in [0, 0.05) is 12.7 Å². The zero-order valence-electron chi connectivity index (χ0n) is 14.7. The van der Waals surface area contributed by atoms with Gasteiger partial charge in [0.2, 0.25) is 0 Å². The fourth-order valence-corrected chi connectivity index (χ4v) is 3.41. The molecule has 0 amide bonds. The molecule has 0 aliphatic heterocycles. The Morgan fingerprint density at radius 1 is 1.12 bits per heavy atom. The lowest BCUT2D eigenvalue weighted by molar-refractivity contribution is 0.135. The smallest absolute Gasteiger partial charge is 0.165 e. The van der Waals surface area contributed by atoms with Gasteiger partial charge in [-0.15, -0.1) is 0 Å². The summed E-state index contributed by atoms with van der Waals surface area (Å²) >= 11 is 0. The van der Waals surface area contributed by atoms with Crippen molar-refractivity contribution in [1.82, 2.24) is 19.5 Å². The van der Waals surface area contributed by atoms with Gasteiger partial charge >= 0.3 is 0 Å². The van der Waals surface area contributed by atoms with Gasteiger partial charge in [0.05, 0.1) is 13.3 Å². The van der Waals surface area contributed by atoms with E-state index in [9.17, 15) is 0 Å². The van der Waals surface area contributed by atoms with Crippen LogP contribution in [-0.2, 0) is 11.5 Å². The van der Waals surface area contributed by atoms with Crippen LogP contribution in [0.2, 0.25) is 19.6 Å². The molecule has 0 saturated heterocycles. The molecular formula is C17H22N4O2Si. The largest absolute Gasteiger partial charge is 0.497 e. The van der Waals surface area contributed by atoms with Gasteiger partial charge in [-0.1, -0.05) is 31.8 Å². The fourth-order valence-electron chi connectivity index (χ4n) is 2.51. The molecule has 0 fully saturated rings. The number of hydrogen-bond donors (Lipinski definition) is 0. The van der Waals surface area contributed by atoms with Crippen LogP contribution in [0.25, 0.3) is 22.6 Å². The summed E-state index contributed by atoms with van der Waals surface area (Å²) in [6.07, 6.45) is 1.81. The van der Waals surface area contributed by atoms with E-state index in [2.05, 4.69) is 24.6 Å². The van der Waals surface area contributed by atoms with Gasteiger partial charge in [-0.05, 0) is 12.1 Å². The summed E-state index contributed by atoms with van der Waals surface area (Å²) in [6, 6.07) is 7.82. The van der Waals surface area contributed by atoms with E-state index in [1.54, 1.807) is 14.2 Å².